The topological polar surface area (TPSA) is 29.3 Å². The summed E-state index contributed by atoms with van der Waals surface area (Å²) in [6, 6.07) is 4.60. The van der Waals surface area contributed by atoms with Gasteiger partial charge in [0.05, 0.1) is 0 Å². The first-order chi connectivity index (χ1) is 8.60. The van der Waals surface area contributed by atoms with E-state index in [0.717, 1.165) is 13.1 Å². The lowest BCUT2D eigenvalue weighted by Gasteiger charge is -2.33. The average molecular weight is 283 g/mol. The molecular formula is C16H27ClN2. The molecule has 0 aliphatic carbocycles. The predicted molar refractivity (Wildman–Crippen MR) is 85.0 cm³/mol. The van der Waals surface area contributed by atoms with E-state index >= 15 is 0 Å². The Bertz CT molecular complexity index is 394. The van der Waals surface area contributed by atoms with Gasteiger partial charge in [0.15, 0.2) is 0 Å². The minimum atomic E-state index is 0. The van der Waals surface area contributed by atoms with Crippen molar-refractivity contribution in [1.29, 1.82) is 0 Å². The molecule has 19 heavy (non-hydrogen) atoms. The maximum Gasteiger partial charge on any atom is 0.0239 e. The van der Waals surface area contributed by atoms with Gasteiger partial charge in [-0.15, -0.1) is 12.4 Å². The van der Waals surface area contributed by atoms with Crippen LogP contribution in [-0.4, -0.2) is 24.5 Å². The highest BCUT2D eigenvalue weighted by Gasteiger charge is 2.19. The fourth-order valence-corrected chi connectivity index (χ4v) is 3.17. The average Bonchev–Trinajstić information content (AvgIpc) is 2.34. The van der Waals surface area contributed by atoms with Crippen LogP contribution in [-0.2, 0) is 6.54 Å². The van der Waals surface area contributed by atoms with E-state index < -0.39 is 0 Å². The van der Waals surface area contributed by atoms with E-state index in [1.807, 2.05) is 0 Å². The SMILES string of the molecule is Cc1cc(C)c(CN2CCCC(CN)C2)c(C)c1.Cl. The molecule has 1 aromatic rings. The quantitative estimate of drug-likeness (QED) is 0.922. The monoisotopic (exact) mass is 282 g/mol. The molecule has 0 bridgehead atoms. The second-order valence-corrected chi connectivity index (χ2v) is 5.86. The van der Waals surface area contributed by atoms with E-state index in [0.29, 0.717) is 5.92 Å². The maximum absolute atomic E-state index is 5.81. The molecule has 1 aliphatic rings. The molecule has 1 aliphatic heterocycles. The number of nitrogens with two attached hydrogens (primary N) is 1. The standard InChI is InChI=1S/C16H26N2.ClH/c1-12-7-13(2)16(14(3)8-12)11-18-6-4-5-15(9-17)10-18;/h7-8,15H,4-6,9-11,17H2,1-3H3;1H. The summed E-state index contributed by atoms with van der Waals surface area (Å²) in [5.74, 6) is 0.699. The van der Waals surface area contributed by atoms with Crippen LogP contribution < -0.4 is 5.73 Å². The Morgan fingerprint density at radius 2 is 1.84 bits per heavy atom. The Hall–Kier alpha value is -0.570. The van der Waals surface area contributed by atoms with Gasteiger partial charge < -0.3 is 5.73 Å². The van der Waals surface area contributed by atoms with Gasteiger partial charge in [0.1, 0.15) is 0 Å². The summed E-state index contributed by atoms with van der Waals surface area (Å²) in [5, 5.41) is 0. The summed E-state index contributed by atoms with van der Waals surface area (Å²) in [6.45, 7) is 11.0. The van der Waals surface area contributed by atoms with Crippen molar-refractivity contribution in [3.8, 4) is 0 Å². The molecule has 1 aromatic carbocycles. The molecule has 0 amide bonds. The smallest absolute Gasteiger partial charge is 0.0239 e. The fraction of sp³-hybridized carbons (Fsp3) is 0.625. The van der Waals surface area contributed by atoms with Crippen LogP contribution >= 0.6 is 12.4 Å². The van der Waals surface area contributed by atoms with Crippen LogP contribution in [0.15, 0.2) is 12.1 Å². The summed E-state index contributed by atoms with van der Waals surface area (Å²) in [6.07, 6.45) is 2.60. The fourth-order valence-electron chi connectivity index (χ4n) is 3.17. The van der Waals surface area contributed by atoms with Crippen molar-refractivity contribution >= 4 is 12.4 Å². The zero-order chi connectivity index (χ0) is 13.1. The number of benzene rings is 1. The van der Waals surface area contributed by atoms with Gasteiger partial charge in [-0.05, 0) is 69.3 Å². The lowest BCUT2D eigenvalue weighted by atomic mass is 9.95. The summed E-state index contributed by atoms with van der Waals surface area (Å²) in [5.41, 5.74) is 11.6. The number of hydrogen-bond donors (Lipinski definition) is 1. The minimum Gasteiger partial charge on any atom is -0.330 e. The molecule has 1 atom stereocenters. The molecule has 108 valence electrons. The van der Waals surface area contributed by atoms with Crippen LogP contribution in [0, 0.1) is 26.7 Å². The van der Waals surface area contributed by atoms with Crippen molar-refractivity contribution in [2.75, 3.05) is 19.6 Å². The van der Waals surface area contributed by atoms with Gasteiger partial charge in [0.25, 0.3) is 0 Å². The number of aryl methyl sites for hydroxylation is 3. The first kappa shape index (κ1) is 16.5. The molecule has 1 saturated heterocycles. The largest absolute Gasteiger partial charge is 0.330 e. The maximum atomic E-state index is 5.81. The molecule has 0 aromatic heterocycles. The van der Waals surface area contributed by atoms with Gasteiger partial charge >= 0.3 is 0 Å². The molecule has 0 spiro atoms. The Morgan fingerprint density at radius 1 is 1.21 bits per heavy atom. The zero-order valence-electron chi connectivity index (χ0n) is 12.4. The van der Waals surface area contributed by atoms with Crippen molar-refractivity contribution in [3.63, 3.8) is 0 Å². The lowest BCUT2D eigenvalue weighted by Crippen LogP contribution is -2.38. The lowest BCUT2D eigenvalue weighted by molar-refractivity contribution is 0.170. The highest BCUT2D eigenvalue weighted by Crippen LogP contribution is 2.22. The normalized spacial score (nSPS) is 20.1. The van der Waals surface area contributed by atoms with Gasteiger partial charge in [-0.3, -0.25) is 4.90 Å². The Balaban J connectivity index is 0.00000180. The predicted octanol–water partition coefficient (Wildman–Crippen LogP) is 3.20. The van der Waals surface area contributed by atoms with Gasteiger partial charge in [0, 0.05) is 13.1 Å². The molecule has 3 heteroatoms. The summed E-state index contributed by atoms with van der Waals surface area (Å²) in [7, 11) is 0. The van der Waals surface area contributed by atoms with Crippen LogP contribution in [0.25, 0.3) is 0 Å². The number of rotatable bonds is 3. The Labute approximate surface area is 123 Å². The van der Waals surface area contributed by atoms with E-state index in [1.54, 1.807) is 0 Å². The first-order valence-corrected chi connectivity index (χ1v) is 7.09. The summed E-state index contributed by atoms with van der Waals surface area (Å²) in [4.78, 5) is 2.58. The van der Waals surface area contributed by atoms with Crippen molar-refractivity contribution in [3.05, 3.63) is 34.4 Å². The van der Waals surface area contributed by atoms with Gasteiger partial charge in [0.2, 0.25) is 0 Å². The minimum absolute atomic E-state index is 0. The van der Waals surface area contributed by atoms with Gasteiger partial charge in [-0.2, -0.15) is 0 Å². The van der Waals surface area contributed by atoms with Crippen LogP contribution in [0.4, 0.5) is 0 Å². The highest BCUT2D eigenvalue weighted by atomic mass is 35.5. The Kier molecular flexibility index (Phi) is 6.31. The third-order valence-electron chi connectivity index (χ3n) is 4.16. The van der Waals surface area contributed by atoms with Gasteiger partial charge in [-0.1, -0.05) is 17.7 Å². The first-order valence-electron chi connectivity index (χ1n) is 7.09. The molecule has 2 nitrogen and oxygen atoms in total. The molecule has 0 saturated carbocycles. The number of halogens is 1. The summed E-state index contributed by atoms with van der Waals surface area (Å²) < 4.78 is 0. The van der Waals surface area contributed by atoms with Crippen LogP contribution in [0.2, 0.25) is 0 Å². The van der Waals surface area contributed by atoms with E-state index in [1.165, 1.54) is 48.2 Å². The van der Waals surface area contributed by atoms with E-state index in [4.69, 9.17) is 5.73 Å². The van der Waals surface area contributed by atoms with Crippen LogP contribution in [0.5, 0.6) is 0 Å². The van der Waals surface area contributed by atoms with Crippen molar-refractivity contribution in [1.82, 2.24) is 4.90 Å². The second-order valence-electron chi connectivity index (χ2n) is 5.86. The molecule has 0 radical (unpaired) electrons. The number of hydrogen-bond acceptors (Lipinski definition) is 2. The molecule has 2 rings (SSSR count). The molecule has 1 unspecified atom stereocenters. The van der Waals surface area contributed by atoms with Crippen molar-refractivity contribution < 1.29 is 0 Å². The zero-order valence-corrected chi connectivity index (χ0v) is 13.2. The molecular weight excluding hydrogens is 256 g/mol. The van der Waals surface area contributed by atoms with Crippen LogP contribution in [0.1, 0.15) is 35.1 Å². The number of nitrogens with zero attached hydrogens (tertiary/aromatic N) is 1. The molecule has 1 fully saturated rings. The third-order valence-corrected chi connectivity index (χ3v) is 4.16. The Morgan fingerprint density at radius 3 is 2.42 bits per heavy atom. The summed E-state index contributed by atoms with van der Waals surface area (Å²) >= 11 is 0. The molecule has 2 N–H and O–H groups in total. The highest BCUT2D eigenvalue weighted by molar-refractivity contribution is 5.85. The van der Waals surface area contributed by atoms with E-state index in [-0.39, 0.29) is 12.4 Å². The second kappa shape index (κ2) is 7.28. The van der Waals surface area contributed by atoms with Gasteiger partial charge in [-0.25, -0.2) is 0 Å². The van der Waals surface area contributed by atoms with Crippen molar-refractivity contribution in [2.45, 2.75) is 40.2 Å². The molecule has 1 heterocycles. The number of piperidine rings is 1. The number of likely N-dealkylation sites (tertiary alicyclic amines) is 1. The van der Waals surface area contributed by atoms with Crippen LogP contribution in [0.3, 0.4) is 0 Å². The van der Waals surface area contributed by atoms with E-state index in [2.05, 4.69) is 37.8 Å². The van der Waals surface area contributed by atoms with Crippen molar-refractivity contribution in [2.24, 2.45) is 11.7 Å². The van der Waals surface area contributed by atoms with E-state index in [9.17, 15) is 0 Å². The third kappa shape index (κ3) is 4.20.